The maximum absolute atomic E-state index is 11.6. The summed E-state index contributed by atoms with van der Waals surface area (Å²) in [5.74, 6) is 0. The Labute approximate surface area is 147 Å². The molecule has 8 heteroatoms. The summed E-state index contributed by atoms with van der Waals surface area (Å²) in [5.41, 5.74) is 0.989. The van der Waals surface area contributed by atoms with Crippen LogP contribution in [0, 0.1) is 0 Å². The molecule has 1 aromatic carbocycles. The summed E-state index contributed by atoms with van der Waals surface area (Å²) in [6, 6.07) is 7.25. The third kappa shape index (κ3) is 8.33. The van der Waals surface area contributed by atoms with Crippen molar-refractivity contribution in [3.63, 3.8) is 0 Å². The van der Waals surface area contributed by atoms with Gasteiger partial charge in [-0.25, -0.2) is 9.59 Å². The van der Waals surface area contributed by atoms with E-state index in [4.69, 9.17) is 21.7 Å². The molecule has 0 radical (unpaired) electrons. The number of ether oxygens (including phenoxy) is 2. The van der Waals surface area contributed by atoms with Gasteiger partial charge in [0.1, 0.15) is 5.60 Å². The predicted molar refractivity (Wildman–Crippen MR) is 95.9 cm³/mol. The highest BCUT2D eigenvalue weighted by atomic mass is 32.1. The second-order valence-corrected chi connectivity index (χ2v) is 6.26. The van der Waals surface area contributed by atoms with E-state index in [2.05, 4.69) is 16.0 Å². The Balaban J connectivity index is 2.53. The van der Waals surface area contributed by atoms with Crippen molar-refractivity contribution in [1.29, 1.82) is 0 Å². The van der Waals surface area contributed by atoms with Gasteiger partial charge in [0, 0.05) is 12.2 Å². The Morgan fingerprint density at radius 1 is 1.21 bits per heavy atom. The van der Waals surface area contributed by atoms with E-state index in [1.54, 1.807) is 45.9 Å². The zero-order chi connectivity index (χ0) is 18.2. The van der Waals surface area contributed by atoms with E-state index < -0.39 is 17.8 Å². The maximum Gasteiger partial charge on any atom is 0.413 e. The minimum Gasteiger partial charge on any atom is -0.450 e. The lowest BCUT2D eigenvalue weighted by Crippen LogP contribution is -2.34. The lowest BCUT2D eigenvalue weighted by atomic mass is 10.2. The zero-order valence-corrected chi connectivity index (χ0v) is 15.1. The fourth-order valence-electron chi connectivity index (χ4n) is 1.67. The molecule has 3 N–H and O–H groups in total. The Morgan fingerprint density at radius 3 is 2.54 bits per heavy atom. The molecule has 0 heterocycles. The van der Waals surface area contributed by atoms with Gasteiger partial charge in [-0.1, -0.05) is 12.1 Å². The van der Waals surface area contributed by atoms with E-state index in [9.17, 15) is 9.59 Å². The average molecular weight is 353 g/mol. The maximum atomic E-state index is 11.6. The van der Waals surface area contributed by atoms with Gasteiger partial charge in [0.2, 0.25) is 0 Å². The van der Waals surface area contributed by atoms with Crippen molar-refractivity contribution in [3.05, 3.63) is 29.8 Å². The van der Waals surface area contributed by atoms with Crippen LogP contribution in [0.3, 0.4) is 0 Å². The van der Waals surface area contributed by atoms with E-state index in [0.29, 0.717) is 12.2 Å². The van der Waals surface area contributed by atoms with Crippen molar-refractivity contribution in [2.24, 2.45) is 0 Å². The smallest absolute Gasteiger partial charge is 0.413 e. The third-order valence-electron chi connectivity index (χ3n) is 2.51. The van der Waals surface area contributed by atoms with Crippen LogP contribution in [-0.2, 0) is 16.0 Å². The number of nitrogens with one attached hydrogen (secondary N) is 3. The predicted octanol–water partition coefficient (Wildman–Crippen LogP) is 3.15. The normalized spacial score (nSPS) is 10.5. The van der Waals surface area contributed by atoms with Crippen LogP contribution >= 0.6 is 12.2 Å². The van der Waals surface area contributed by atoms with Gasteiger partial charge in [-0.3, -0.25) is 5.32 Å². The molecule has 2 amide bonds. The van der Waals surface area contributed by atoms with E-state index in [0.717, 1.165) is 5.56 Å². The number of thiocarbonyl (C=S) groups is 1. The molecule has 0 aliphatic rings. The number of hydrogen-bond acceptors (Lipinski definition) is 5. The van der Waals surface area contributed by atoms with E-state index >= 15 is 0 Å². The van der Waals surface area contributed by atoms with Crippen LogP contribution in [0.4, 0.5) is 15.3 Å². The minimum atomic E-state index is -0.613. The quantitative estimate of drug-likeness (QED) is 0.721. The van der Waals surface area contributed by atoms with E-state index in [-0.39, 0.29) is 11.7 Å². The molecule has 7 nitrogen and oxygen atoms in total. The Kier molecular flexibility index (Phi) is 7.44. The molecule has 0 aliphatic heterocycles. The first kappa shape index (κ1) is 19.7. The fraction of sp³-hybridized carbons (Fsp3) is 0.438. The highest BCUT2D eigenvalue weighted by molar-refractivity contribution is 7.80. The van der Waals surface area contributed by atoms with Gasteiger partial charge in [0.05, 0.1) is 6.61 Å². The lowest BCUT2D eigenvalue weighted by molar-refractivity contribution is 0.0523. The van der Waals surface area contributed by atoms with Crippen molar-refractivity contribution in [3.8, 4) is 0 Å². The SMILES string of the molecule is CCOC(=O)NC(=S)Nc1cccc(CNC(=O)OC(C)(C)C)c1. The molecule has 0 saturated heterocycles. The summed E-state index contributed by atoms with van der Waals surface area (Å²) in [6.45, 7) is 7.68. The van der Waals surface area contributed by atoms with Gasteiger partial charge in [-0.2, -0.15) is 0 Å². The molecule has 24 heavy (non-hydrogen) atoms. The van der Waals surface area contributed by atoms with Crippen molar-refractivity contribution >= 4 is 35.2 Å². The molecule has 0 unspecified atom stereocenters. The highest BCUT2D eigenvalue weighted by Crippen LogP contribution is 2.11. The molecule has 0 aromatic heterocycles. The molecule has 1 aromatic rings. The number of carbonyl (C=O) groups excluding carboxylic acids is 2. The van der Waals surface area contributed by atoms with Crippen molar-refractivity contribution < 1.29 is 19.1 Å². The summed E-state index contributed by atoms with van der Waals surface area (Å²) in [5, 5.41) is 8.07. The monoisotopic (exact) mass is 353 g/mol. The van der Waals surface area contributed by atoms with Gasteiger partial charge in [-0.05, 0) is 57.6 Å². The molecule has 132 valence electrons. The standard InChI is InChI=1S/C16H23N3O4S/c1-5-22-15(21)19-13(24)18-12-8-6-7-11(9-12)10-17-14(20)23-16(2,3)4/h6-9H,5,10H2,1-4H3,(H,17,20)(H2,18,19,21,24). The molecule has 0 spiro atoms. The van der Waals surface area contributed by atoms with Gasteiger partial charge >= 0.3 is 12.2 Å². The lowest BCUT2D eigenvalue weighted by Gasteiger charge is -2.19. The van der Waals surface area contributed by atoms with Crippen molar-refractivity contribution in [2.75, 3.05) is 11.9 Å². The van der Waals surface area contributed by atoms with Crippen LogP contribution in [0.15, 0.2) is 24.3 Å². The van der Waals surface area contributed by atoms with Crippen LogP contribution in [0.1, 0.15) is 33.3 Å². The second-order valence-electron chi connectivity index (χ2n) is 5.86. The first-order valence-corrected chi connectivity index (χ1v) is 7.91. The van der Waals surface area contributed by atoms with E-state index in [1.165, 1.54) is 0 Å². The molecule has 0 bridgehead atoms. The van der Waals surface area contributed by atoms with Gasteiger partial charge in [-0.15, -0.1) is 0 Å². The molecule has 0 fully saturated rings. The summed E-state index contributed by atoms with van der Waals surface area (Å²) in [7, 11) is 0. The minimum absolute atomic E-state index is 0.130. The topological polar surface area (TPSA) is 88.7 Å². The van der Waals surface area contributed by atoms with Crippen LogP contribution in [-0.4, -0.2) is 29.5 Å². The average Bonchev–Trinajstić information content (AvgIpc) is 2.43. The van der Waals surface area contributed by atoms with Gasteiger partial charge in [0.15, 0.2) is 5.11 Å². The van der Waals surface area contributed by atoms with Crippen LogP contribution in [0.25, 0.3) is 0 Å². The molecule has 0 atom stereocenters. The Morgan fingerprint density at radius 2 is 1.92 bits per heavy atom. The summed E-state index contributed by atoms with van der Waals surface area (Å²) >= 11 is 5.02. The van der Waals surface area contributed by atoms with Crippen molar-refractivity contribution in [1.82, 2.24) is 10.6 Å². The first-order chi connectivity index (χ1) is 11.2. The van der Waals surface area contributed by atoms with Crippen molar-refractivity contribution in [2.45, 2.75) is 39.8 Å². The summed E-state index contributed by atoms with van der Waals surface area (Å²) < 4.78 is 9.91. The number of hydrogen-bond donors (Lipinski definition) is 3. The fourth-order valence-corrected chi connectivity index (χ4v) is 1.87. The molecular formula is C16H23N3O4S. The second kappa shape index (κ2) is 9.07. The Bertz CT molecular complexity index is 599. The largest absolute Gasteiger partial charge is 0.450 e. The highest BCUT2D eigenvalue weighted by Gasteiger charge is 2.15. The van der Waals surface area contributed by atoms with Crippen LogP contribution in [0.2, 0.25) is 0 Å². The number of rotatable bonds is 4. The Hall–Kier alpha value is -2.35. The van der Waals surface area contributed by atoms with Crippen LogP contribution < -0.4 is 16.0 Å². The third-order valence-corrected chi connectivity index (χ3v) is 2.72. The number of anilines is 1. The molecule has 0 saturated carbocycles. The zero-order valence-electron chi connectivity index (χ0n) is 14.3. The van der Waals surface area contributed by atoms with Gasteiger partial charge < -0.3 is 20.1 Å². The van der Waals surface area contributed by atoms with Gasteiger partial charge in [0.25, 0.3) is 0 Å². The number of benzene rings is 1. The summed E-state index contributed by atoms with van der Waals surface area (Å²) in [6.07, 6.45) is -1.10. The summed E-state index contributed by atoms with van der Waals surface area (Å²) in [4.78, 5) is 22.9. The molecular weight excluding hydrogens is 330 g/mol. The van der Waals surface area contributed by atoms with E-state index in [1.807, 2.05) is 6.07 Å². The number of alkyl carbamates (subject to hydrolysis) is 2. The molecule has 1 rings (SSSR count). The number of carbonyl (C=O) groups is 2. The first-order valence-electron chi connectivity index (χ1n) is 7.50. The molecule has 0 aliphatic carbocycles. The van der Waals surface area contributed by atoms with Crippen LogP contribution in [0.5, 0.6) is 0 Å². The number of amides is 2.